The predicted octanol–water partition coefficient (Wildman–Crippen LogP) is 2.59. The van der Waals surface area contributed by atoms with Gasteiger partial charge in [-0.2, -0.15) is 0 Å². The molecule has 0 aliphatic heterocycles. The highest BCUT2D eigenvalue weighted by Gasteiger charge is 2.17. The minimum Gasteiger partial charge on any atom is -0.428 e. The highest BCUT2D eigenvalue weighted by molar-refractivity contribution is 8.13. The fraction of sp³-hybridized carbons (Fsp3) is 0. The average Bonchev–Trinajstić information content (AvgIpc) is 2.74. The van der Waals surface area contributed by atoms with E-state index in [1.807, 2.05) is 0 Å². The average molecular weight is 515 g/mol. The van der Waals surface area contributed by atoms with Gasteiger partial charge in [-0.1, -0.05) is 42.5 Å². The number of sulfonamides is 4. The van der Waals surface area contributed by atoms with Gasteiger partial charge in [0, 0.05) is 9.79 Å². The van der Waals surface area contributed by atoms with Crippen LogP contribution in [0.5, 0.6) is 0 Å². The van der Waals surface area contributed by atoms with Crippen LogP contribution in [0.1, 0.15) is 0 Å². The van der Waals surface area contributed by atoms with E-state index >= 15 is 0 Å². The summed E-state index contributed by atoms with van der Waals surface area (Å²) >= 11 is 0. The minimum absolute atomic E-state index is 0.378. The van der Waals surface area contributed by atoms with E-state index in [-0.39, 0.29) is 9.79 Å². The van der Waals surface area contributed by atoms with Gasteiger partial charge in [-0.05, 0) is 42.5 Å². The zero-order chi connectivity index (χ0) is 23.6. The maximum Gasteiger partial charge on any atom is 0.112 e. The maximum absolute atomic E-state index is 12.5. The molecule has 32 heavy (non-hydrogen) atoms. The SMILES string of the molecule is O=S(=O)([N-]S(=O)(=O)c1cccc(S(=O)(=O)[N-]S(=O)(=O)c2ccccc2)c1)c1ccccc1. The summed E-state index contributed by atoms with van der Waals surface area (Å²) in [6.07, 6.45) is 0. The molecule has 0 saturated heterocycles. The summed E-state index contributed by atoms with van der Waals surface area (Å²) in [5, 5.41) is 0. The summed E-state index contributed by atoms with van der Waals surface area (Å²) in [6.45, 7) is 0. The summed E-state index contributed by atoms with van der Waals surface area (Å²) in [4.78, 5) is -2.30. The van der Waals surface area contributed by atoms with Crippen molar-refractivity contribution in [3.05, 3.63) is 93.2 Å². The number of rotatable bonds is 8. The third kappa shape index (κ3) is 5.40. The molecule has 0 aromatic heterocycles. The van der Waals surface area contributed by atoms with Gasteiger partial charge in [0.25, 0.3) is 0 Å². The molecule has 0 spiro atoms. The Balaban J connectivity index is 1.94. The molecule has 0 bridgehead atoms. The van der Waals surface area contributed by atoms with E-state index < -0.39 is 49.9 Å². The smallest absolute Gasteiger partial charge is 0.112 e. The molecule has 0 aliphatic rings. The molecule has 3 rings (SSSR count). The van der Waals surface area contributed by atoms with Gasteiger partial charge in [0.05, 0.1) is 9.79 Å². The second-order valence-corrected chi connectivity index (χ2v) is 13.0. The highest BCUT2D eigenvalue weighted by atomic mass is 32.3. The molecule has 10 nitrogen and oxygen atoms in total. The van der Waals surface area contributed by atoms with Crippen molar-refractivity contribution < 1.29 is 33.7 Å². The number of hydrogen-bond acceptors (Lipinski definition) is 8. The first-order chi connectivity index (χ1) is 14.8. The van der Waals surface area contributed by atoms with Crippen molar-refractivity contribution in [2.75, 3.05) is 0 Å². The Morgan fingerprint density at radius 1 is 0.375 bits per heavy atom. The maximum atomic E-state index is 12.5. The molecule has 0 unspecified atom stereocenters. The zero-order valence-electron chi connectivity index (χ0n) is 15.9. The second-order valence-electron chi connectivity index (χ2n) is 6.15. The summed E-state index contributed by atoms with van der Waals surface area (Å²) in [5.41, 5.74) is 0. The van der Waals surface area contributed by atoms with Gasteiger partial charge in [-0.15, -0.1) is 0 Å². The van der Waals surface area contributed by atoms with E-state index in [9.17, 15) is 33.7 Å². The van der Waals surface area contributed by atoms with Crippen LogP contribution >= 0.6 is 0 Å². The lowest BCUT2D eigenvalue weighted by atomic mass is 10.4. The van der Waals surface area contributed by atoms with Gasteiger partial charge in [-0.3, -0.25) is 0 Å². The Labute approximate surface area is 186 Å². The minimum atomic E-state index is -4.86. The Hall–Kier alpha value is -2.62. The Morgan fingerprint density at radius 3 is 1.00 bits per heavy atom. The van der Waals surface area contributed by atoms with Crippen molar-refractivity contribution in [2.45, 2.75) is 19.6 Å². The van der Waals surface area contributed by atoms with Crippen molar-refractivity contribution in [1.29, 1.82) is 0 Å². The van der Waals surface area contributed by atoms with E-state index in [4.69, 9.17) is 0 Å². The molecular weight excluding hydrogens is 500 g/mol. The molecular formula is C18H14N2O8S4-2. The Kier molecular flexibility index (Phi) is 6.55. The molecule has 170 valence electrons. The van der Waals surface area contributed by atoms with E-state index in [1.165, 1.54) is 36.4 Å². The van der Waals surface area contributed by atoms with Gasteiger partial charge < -0.3 is 8.25 Å². The quantitative estimate of drug-likeness (QED) is 0.442. The van der Waals surface area contributed by atoms with Crippen LogP contribution in [0.25, 0.3) is 8.25 Å². The fourth-order valence-corrected chi connectivity index (χ4v) is 7.98. The molecule has 0 fully saturated rings. The van der Waals surface area contributed by atoms with Gasteiger partial charge in [0.1, 0.15) is 40.1 Å². The topological polar surface area (TPSA) is 165 Å². The van der Waals surface area contributed by atoms with Crippen LogP contribution in [0.15, 0.2) is 105 Å². The summed E-state index contributed by atoms with van der Waals surface area (Å²) in [7, 11) is -18.9. The Bertz CT molecular complexity index is 1440. The van der Waals surface area contributed by atoms with Crippen LogP contribution in [0.4, 0.5) is 0 Å². The fourth-order valence-electron chi connectivity index (χ4n) is 2.41. The number of hydrogen-bond donors (Lipinski definition) is 0. The Morgan fingerprint density at radius 2 is 0.656 bits per heavy atom. The van der Waals surface area contributed by atoms with Crippen molar-refractivity contribution in [1.82, 2.24) is 0 Å². The van der Waals surface area contributed by atoms with Gasteiger partial charge >= 0.3 is 0 Å². The van der Waals surface area contributed by atoms with E-state index in [0.717, 1.165) is 42.5 Å². The summed E-state index contributed by atoms with van der Waals surface area (Å²) in [5.74, 6) is 0. The molecule has 0 saturated carbocycles. The molecule has 3 aromatic carbocycles. The summed E-state index contributed by atoms with van der Waals surface area (Å²) < 4.78 is 105. The summed E-state index contributed by atoms with van der Waals surface area (Å²) in [6, 6.07) is 16.5. The van der Waals surface area contributed by atoms with Crippen LogP contribution in [0, 0.1) is 0 Å². The first-order valence-corrected chi connectivity index (χ1v) is 14.3. The van der Waals surface area contributed by atoms with Crippen molar-refractivity contribution in [3.8, 4) is 0 Å². The molecule has 0 radical (unpaired) electrons. The van der Waals surface area contributed by atoms with E-state index in [2.05, 4.69) is 8.25 Å². The molecule has 0 aliphatic carbocycles. The molecule has 14 heteroatoms. The molecule has 0 atom stereocenters. The monoisotopic (exact) mass is 514 g/mol. The van der Waals surface area contributed by atoms with Crippen LogP contribution in [-0.4, -0.2) is 33.7 Å². The van der Waals surface area contributed by atoms with Crippen LogP contribution in [-0.2, 0) is 40.1 Å². The molecule has 0 amide bonds. The largest absolute Gasteiger partial charge is 0.428 e. The van der Waals surface area contributed by atoms with Gasteiger partial charge in [-0.25, -0.2) is 33.7 Å². The lowest BCUT2D eigenvalue weighted by Gasteiger charge is -2.23. The van der Waals surface area contributed by atoms with Crippen molar-refractivity contribution in [3.63, 3.8) is 0 Å². The predicted molar refractivity (Wildman–Crippen MR) is 115 cm³/mol. The molecule has 0 heterocycles. The first kappa shape index (κ1) is 24.0. The van der Waals surface area contributed by atoms with Gasteiger partial charge in [0.15, 0.2) is 0 Å². The normalized spacial score (nSPS) is 13.0. The second kappa shape index (κ2) is 8.73. The third-order valence-electron chi connectivity index (χ3n) is 3.88. The number of nitrogens with zero attached hydrogens (tertiary/aromatic N) is 2. The van der Waals surface area contributed by atoms with Crippen LogP contribution in [0.2, 0.25) is 0 Å². The zero-order valence-corrected chi connectivity index (χ0v) is 19.1. The molecule has 3 aromatic rings. The number of benzene rings is 3. The lowest BCUT2D eigenvalue weighted by Crippen LogP contribution is -2.10. The highest BCUT2D eigenvalue weighted by Crippen LogP contribution is 2.30. The molecule has 0 N–H and O–H groups in total. The standard InChI is InChI=1S/C18H14N2O8S4/c21-29(22,15-8-3-1-4-9-15)19-31(25,26)17-12-7-13-18(14-17)32(27,28)20-30(23,24)16-10-5-2-6-11-16/h1-14H/q-2. The van der Waals surface area contributed by atoms with Crippen molar-refractivity contribution >= 4 is 40.1 Å². The van der Waals surface area contributed by atoms with Crippen LogP contribution < -0.4 is 0 Å². The van der Waals surface area contributed by atoms with Crippen molar-refractivity contribution in [2.24, 2.45) is 0 Å². The van der Waals surface area contributed by atoms with E-state index in [0.29, 0.717) is 6.07 Å². The lowest BCUT2D eigenvalue weighted by molar-refractivity contribution is 0.593. The van der Waals surface area contributed by atoms with Crippen LogP contribution in [0.3, 0.4) is 0 Å². The first-order valence-electron chi connectivity index (χ1n) is 8.52. The van der Waals surface area contributed by atoms with E-state index in [1.54, 1.807) is 0 Å². The third-order valence-corrected chi connectivity index (χ3v) is 10.5. The van der Waals surface area contributed by atoms with Gasteiger partial charge in [0.2, 0.25) is 0 Å².